The molecule has 0 aromatic carbocycles. The summed E-state index contributed by atoms with van der Waals surface area (Å²) in [7, 11) is 0. The minimum absolute atomic E-state index is 0.0553. The lowest BCUT2D eigenvalue weighted by Gasteiger charge is -2.15. The van der Waals surface area contributed by atoms with Crippen molar-refractivity contribution in [2.24, 2.45) is 5.73 Å². The number of primary amides is 1. The van der Waals surface area contributed by atoms with Gasteiger partial charge in [0.2, 0.25) is 11.8 Å². The van der Waals surface area contributed by atoms with E-state index in [4.69, 9.17) is 10.8 Å². The fourth-order valence-corrected chi connectivity index (χ4v) is 1.45. The molecule has 0 radical (unpaired) electrons. The first-order valence-electron chi connectivity index (χ1n) is 5.85. The maximum Gasteiger partial charge on any atom is 0.326 e. The summed E-state index contributed by atoms with van der Waals surface area (Å²) in [5.41, 5.74) is 4.91. The van der Waals surface area contributed by atoms with Gasteiger partial charge in [0, 0.05) is 6.42 Å². The predicted molar refractivity (Wildman–Crippen MR) is 63.5 cm³/mol. The van der Waals surface area contributed by atoms with Crippen LogP contribution in [0.4, 0.5) is 0 Å². The second kappa shape index (κ2) is 8.46. The van der Waals surface area contributed by atoms with Gasteiger partial charge in [-0.2, -0.15) is 0 Å². The quantitative estimate of drug-likeness (QED) is 0.438. The molecule has 0 rings (SSSR count). The Hall–Kier alpha value is -1.63. The molecule has 0 heterocycles. The summed E-state index contributed by atoms with van der Waals surface area (Å²) >= 11 is 0. The monoisotopic (exact) mass is 260 g/mol. The van der Waals surface area contributed by atoms with Crippen LogP contribution in [-0.2, 0) is 14.4 Å². The molecule has 0 bridgehead atoms. The first-order valence-corrected chi connectivity index (χ1v) is 5.85. The lowest BCUT2D eigenvalue weighted by atomic mass is 10.1. The molecule has 0 aliphatic carbocycles. The molecule has 0 fully saturated rings. The molecular weight excluding hydrogens is 240 g/mol. The van der Waals surface area contributed by atoms with Gasteiger partial charge in [0.05, 0.1) is 12.5 Å². The van der Waals surface area contributed by atoms with E-state index >= 15 is 0 Å². The molecule has 0 spiro atoms. The number of nitrogens with one attached hydrogen (secondary N) is 1. The molecule has 0 aromatic rings. The lowest BCUT2D eigenvalue weighted by Crippen LogP contribution is -2.42. The van der Waals surface area contributed by atoms with E-state index in [0.717, 1.165) is 6.42 Å². The molecule has 1 unspecified atom stereocenters. The number of aliphatic hydroxyl groups excluding tert-OH is 1. The Morgan fingerprint density at radius 3 is 2.33 bits per heavy atom. The number of carboxylic acids is 1. The molecule has 0 aromatic heterocycles. The van der Waals surface area contributed by atoms with Crippen LogP contribution in [0.15, 0.2) is 0 Å². The van der Waals surface area contributed by atoms with E-state index in [0.29, 0.717) is 6.42 Å². The van der Waals surface area contributed by atoms with Crippen LogP contribution in [-0.4, -0.2) is 40.1 Å². The minimum Gasteiger partial charge on any atom is -0.480 e. The van der Waals surface area contributed by atoms with Crippen LogP contribution < -0.4 is 11.1 Å². The molecule has 2 atom stereocenters. The van der Waals surface area contributed by atoms with Gasteiger partial charge in [0.15, 0.2) is 0 Å². The van der Waals surface area contributed by atoms with Crippen LogP contribution in [0.1, 0.15) is 39.0 Å². The zero-order chi connectivity index (χ0) is 14.1. The van der Waals surface area contributed by atoms with Gasteiger partial charge in [-0.3, -0.25) is 9.59 Å². The van der Waals surface area contributed by atoms with E-state index in [9.17, 15) is 19.5 Å². The summed E-state index contributed by atoms with van der Waals surface area (Å²) in [6.07, 6.45) is 0.120. The van der Waals surface area contributed by atoms with Crippen molar-refractivity contribution in [3.05, 3.63) is 0 Å². The van der Waals surface area contributed by atoms with Gasteiger partial charge in [-0.15, -0.1) is 0 Å². The molecule has 18 heavy (non-hydrogen) atoms. The molecule has 0 saturated heterocycles. The highest BCUT2D eigenvalue weighted by atomic mass is 16.4. The summed E-state index contributed by atoms with van der Waals surface area (Å²) in [5.74, 6) is -2.40. The molecular formula is C11H20N2O5. The van der Waals surface area contributed by atoms with Crippen LogP contribution in [0.2, 0.25) is 0 Å². The third-order valence-electron chi connectivity index (χ3n) is 2.36. The van der Waals surface area contributed by atoms with Crippen LogP contribution in [0.5, 0.6) is 0 Å². The first kappa shape index (κ1) is 16.4. The van der Waals surface area contributed by atoms with Crippen molar-refractivity contribution < 1.29 is 24.6 Å². The molecule has 104 valence electrons. The average molecular weight is 260 g/mol. The van der Waals surface area contributed by atoms with E-state index in [-0.39, 0.29) is 19.3 Å². The third kappa shape index (κ3) is 7.61. The van der Waals surface area contributed by atoms with E-state index in [1.807, 2.05) is 6.92 Å². The molecule has 0 saturated carbocycles. The van der Waals surface area contributed by atoms with E-state index in [1.165, 1.54) is 0 Å². The summed E-state index contributed by atoms with van der Waals surface area (Å²) in [5, 5.41) is 20.5. The SMILES string of the molecule is CCCC(O)CC(=O)N[C@@H](CCC(N)=O)C(=O)O. The highest BCUT2D eigenvalue weighted by Crippen LogP contribution is 2.03. The maximum absolute atomic E-state index is 11.4. The van der Waals surface area contributed by atoms with Crippen LogP contribution in [0, 0.1) is 0 Å². The van der Waals surface area contributed by atoms with Gasteiger partial charge in [-0.1, -0.05) is 13.3 Å². The highest BCUT2D eigenvalue weighted by Gasteiger charge is 2.21. The Bertz CT molecular complexity index is 306. The van der Waals surface area contributed by atoms with Gasteiger partial charge in [0.1, 0.15) is 6.04 Å². The number of amides is 2. The fraction of sp³-hybridized carbons (Fsp3) is 0.727. The summed E-state index contributed by atoms with van der Waals surface area (Å²) in [6.45, 7) is 1.87. The summed E-state index contributed by atoms with van der Waals surface area (Å²) < 4.78 is 0. The minimum atomic E-state index is -1.23. The summed E-state index contributed by atoms with van der Waals surface area (Å²) in [6, 6.07) is -1.15. The standard InChI is InChI=1S/C11H20N2O5/c1-2-3-7(14)6-10(16)13-8(11(17)18)4-5-9(12)15/h7-8,14H,2-6H2,1H3,(H2,12,15)(H,13,16)(H,17,18)/t7?,8-/m0/s1. The van der Waals surface area contributed by atoms with Crippen molar-refractivity contribution in [1.29, 1.82) is 0 Å². The smallest absolute Gasteiger partial charge is 0.326 e. The number of aliphatic hydroxyl groups is 1. The number of carboxylic acid groups (broad SMARTS) is 1. The Labute approximate surface area is 105 Å². The van der Waals surface area contributed by atoms with Crippen LogP contribution in [0.3, 0.4) is 0 Å². The highest BCUT2D eigenvalue weighted by molar-refractivity contribution is 5.84. The fourth-order valence-electron chi connectivity index (χ4n) is 1.45. The Balaban J connectivity index is 4.19. The normalized spacial score (nSPS) is 13.7. The lowest BCUT2D eigenvalue weighted by molar-refractivity contribution is -0.142. The number of rotatable bonds is 9. The summed E-state index contributed by atoms with van der Waals surface area (Å²) in [4.78, 5) is 32.8. The largest absolute Gasteiger partial charge is 0.480 e. The molecule has 7 heteroatoms. The number of aliphatic carboxylic acids is 1. The number of nitrogens with two attached hydrogens (primary N) is 1. The second-order valence-electron chi connectivity index (χ2n) is 4.11. The Morgan fingerprint density at radius 1 is 1.28 bits per heavy atom. The van der Waals surface area contributed by atoms with Crippen molar-refractivity contribution in [1.82, 2.24) is 5.32 Å². The predicted octanol–water partition coefficient (Wildman–Crippen LogP) is -0.628. The zero-order valence-corrected chi connectivity index (χ0v) is 10.4. The van der Waals surface area contributed by atoms with Crippen LogP contribution in [0.25, 0.3) is 0 Å². The van der Waals surface area contributed by atoms with E-state index in [2.05, 4.69) is 5.32 Å². The average Bonchev–Trinajstić information content (AvgIpc) is 2.23. The van der Waals surface area contributed by atoms with E-state index in [1.54, 1.807) is 0 Å². The van der Waals surface area contributed by atoms with Gasteiger partial charge in [-0.25, -0.2) is 4.79 Å². The molecule has 0 aliphatic heterocycles. The van der Waals surface area contributed by atoms with Crippen molar-refractivity contribution in [3.63, 3.8) is 0 Å². The number of carbonyl (C=O) groups excluding carboxylic acids is 2. The topological polar surface area (TPSA) is 130 Å². The Morgan fingerprint density at radius 2 is 1.89 bits per heavy atom. The van der Waals surface area contributed by atoms with Gasteiger partial charge in [0.25, 0.3) is 0 Å². The third-order valence-corrected chi connectivity index (χ3v) is 2.36. The van der Waals surface area contributed by atoms with Crippen LogP contribution >= 0.6 is 0 Å². The number of carbonyl (C=O) groups is 3. The van der Waals surface area contributed by atoms with Crippen molar-refractivity contribution in [2.75, 3.05) is 0 Å². The molecule has 7 nitrogen and oxygen atoms in total. The first-order chi connectivity index (χ1) is 8.36. The molecule has 2 amide bonds. The van der Waals surface area contributed by atoms with E-state index < -0.39 is 29.9 Å². The van der Waals surface area contributed by atoms with Crippen molar-refractivity contribution in [3.8, 4) is 0 Å². The molecule has 0 aliphatic rings. The molecule has 5 N–H and O–H groups in total. The zero-order valence-electron chi connectivity index (χ0n) is 10.4. The van der Waals surface area contributed by atoms with Gasteiger partial charge < -0.3 is 21.3 Å². The van der Waals surface area contributed by atoms with Crippen molar-refractivity contribution >= 4 is 17.8 Å². The van der Waals surface area contributed by atoms with Gasteiger partial charge in [-0.05, 0) is 12.8 Å². The second-order valence-corrected chi connectivity index (χ2v) is 4.11. The Kier molecular flexibility index (Phi) is 7.69. The van der Waals surface area contributed by atoms with Crippen molar-refractivity contribution in [2.45, 2.75) is 51.2 Å². The maximum atomic E-state index is 11.4. The number of hydrogen-bond donors (Lipinski definition) is 4. The number of hydrogen-bond acceptors (Lipinski definition) is 4. The van der Waals surface area contributed by atoms with Gasteiger partial charge >= 0.3 is 5.97 Å².